The van der Waals surface area contributed by atoms with Crippen molar-refractivity contribution in [1.29, 1.82) is 0 Å². The summed E-state index contributed by atoms with van der Waals surface area (Å²) < 4.78 is 32.9. The van der Waals surface area contributed by atoms with E-state index in [0.717, 1.165) is 5.56 Å². The van der Waals surface area contributed by atoms with E-state index in [9.17, 15) is 13.2 Å². The lowest BCUT2D eigenvalue weighted by atomic mass is 10.1. The number of nitrogens with one attached hydrogen (secondary N) is 1. The first-order valence-electron chi connectivity index (χ1n) is 6.35. The highest BCUT2D eigenvalue weighted by molar-refractivity contribution is 7.92. The Kier molecular flexibility index (Phi) is 3.17. The van der Waals surface area contributed by atoms with Crippen molar-refractivity contribution < 1.29 is 17.9 Å². The molecule has 0 radical (unpaired) electrons. The Labute approximate surface area is 122 Å². The van der Waals surface area contributed by atoms with E-state index in [1.54, 1.807) is 30.3 Å². The zero-order chi connectivity index (χ0) is 15.0. The van der Waals surface area contributed by atoms with Crippen molar-refractivity contribution in [2.45, 2.75) is 18.4 Å². The molecule has 4 bridgehead atoms. The van der Waals surface area contributed by atoms with Gasteiger partial charge in [0.05, 0.1) is 10.6 Å². The largest absolute Gasteiger partial charge is 0.489 e. The first-order valence-corrected chi connectivity index (χ1v) is 7.83. The molecular weight excluding hydrogens is 290 g/mol. The average molecular weight is 303 g/mol. The molecule has 0 amide bonds. The maximum absolute atomic E-state index is 12.4. The van der Waals surface area contributed by atoms with Crippen molar-refractivity contribution in [3.05, 3.63) is 53.6 Å². The minimum absolute atomic E-state index is 0.144. The highest BCUT2D eigenvalue weighted by Crippen LogP contribution is 2.28. The monoisotopic (exact) mass is 303 g/mol. The Morgan fingerprint density at radius 3 is 2.76 bits per heavy atom. The van der Waals surface area contributed by atoms with E-state index in [1.807, 2.05) is 0 Å². The van der Waals surface area contributed by atoms with Crippen LogP contribution in [0.3, 0.4) is 0 Å². The normalized spacial score (nSPS) is 15.5. The molecule has 0 saturated carbocycles. The molecule has 1 N–H and O–H groups in total. The fraction of sp³-hybridized carbons (Fsp3) is 0.133. The molecule has 5 nitrogen and oxygen atoms in total. The molecule has 0 aliphatic carbocycles. The number of ketones is 1. The molecule has 6 heteroatoms. The smallest absolute Gasteiger partial charge is 0.261 e. The van der Waals surface area contributed by atoms with Crippen LogP contribution in [0.4, 0.5) is 5.69 Å². The van der Waals surface area contributed by atoms with Crippen molar-refractivity contribution in [2.75, 3.05) is 4.72 Å². The number of Topliss-reactive ketones (excluding diaryl/α,β-unsaturated/α-hetero) is 1. The molecule has 0 saturated heterocycles. The molecule has 108 valence electrons. The van der Waals surface area contributed by atoms with E-state index >= 15 is 0 Å². The van der Waals surface area contributed by atoms with E-state index in [0.29, 0.717) is 11.3 Å². The summed E-state index contributed by atoms with van der Waals surface area (Å²) in [7, 11) is -3.73. The molecule has 2 aromatic carbocycles. The number of carbonyl (C=O) groups excluding carboxylic acids is 1. The van der Waals surface area contributed by atoms with Crippen LogP contribution in [0.15, 0.2) is 47.4 Å². The van der Waals surface area contributed by atoms with E-state index in [4.69, 9.17) is 4.74 Å². The van der Waals surface area contributed by atoms with Crippen LogP contribution in [0.1, 0.15) is 22.8 Å². The number of sulfonamides is 1. The van der Waals surface area contributed by atoms with Crippen LogP contribution >= 0.6 is 0 Å². The Bertz CT molecular complexity index is 827. The van der Waals surface area contributed by atoms with Crippen molar-refractivity contribution in [2.24, 2.45) is 0 Å². The van der Waals surface area contributed by atoms with Gasteiger partial charge in [0.15, 0.2) is 5.78 Å². The lowest BCUT2D eigenvalue weighted by molar-refractivity contribution is 0.101. The number of rotatable bonds is 1. The highest BCUT2D eigenvalue weighted by Gasteiger charge is 2.19. The first-order chi connectivity index (χ1) is 9.95. The predicted octanol–water partition coefficient (Wildman–Crippen LogP) is 2.58. The van der Waals surface area contributed by atoms with Crippen LogP contribution in [0.5, 0.6) is 5.75 Å². The molecular formula is C15H13NO4S. The zero-order valence-electron chi connectivity index (χ0n) is 11.3. The van der Waals surface area contributed by atoms with E-state index in [2.05, 4.69) is 4.72 Å². The molecule has 3 rings (SSSR count). The molecule has 0 atom stereocenters. The second-order valence-electron chi connectivity index (χ2n) is 4.81. The van der Waals surface area contributed by atoms with Gasteiger partial charge in [-0.15, -0.1) is 0 Å². The van der Waals surface area contributed by atoms with Gasteiger partial charge in [-0.05, 0) is 36.8 Å². The summed E-state index contributed by atoms with van der Waals surface area (Å²) in [4.78, 5) is 11.8. The van der Waals surface area contributed by atoms with Gasteiger partial charge >= 0.3 is 0 Å². The Morgan fingerprint density at radius 1 is 1.19 bits per heavy atom. The van der Waals surface area contributed by atoms with E-state index in [-0.39, 0.29) is 23.0 Å². The Balaban J connectivity index is 2.19. The first kappa shape index (κ1) is 13.6. The van der Waals surface area contributed by atoms with Crippen molar-refractivity contribution in [3.8, 4) is 5.75 Å². The third-order valence-electron chi connectivity index (χ3n) is 3.23. The lowest BCUT2D eigenvalue weighted by Gasteiger charge is -2.16. The summed E-state index contributed by atoms with van der Waals surface area (Å²) in [5, 5.41) is 0. The molecule has 2 aromatic rings. The molecule has 0 aromatic heterocycles. The summed E-state index contributed by atoms with van der Waals surface area (Å²) in [5.74, 6) is 0.287. The highest BCUT2D eigenvalue weighted by atomic mass is 32.2. The van der Waals surface area contributed by atoms with Gasteiger partial charge in [0.1, 0.15) is 12.4 Å². The standard InChI is InChI=1S/C15H13NO4S/c1-10(17)14-6-5-12-8-15(14)16-21(18,19)13-4-2-3-11(7-13)9-20-12/h2-8,16H,9H2,1H3. The fourth-order valence-corrected chi connectivity index (χ4v) is 3.32. The second-order valence-corrected chi connectivity index (χ2v) is 6.49. The van der Waals surface area contributed by atoms with Gasteiger partial charge in [-0.1, -0.05) is 12.1 Å². The van der Waals surface area contributed by atoms with Crippen LogP contribution in [0.2, 0.25) is 0 Å². The number of benzene rings is 2. The number of ether oxygens (including phenoxy) is 1. The molecule has 0 unspecified atom stereocenters. The van der Waals surface area contributed by atoms with E-state index in [1.165, 1.54) is 19.1 Å². The van der Waals surface area contributed by atoms with Gasteiger partial charge in [-0.25, -0.2) is 8.42 Å². The number of hydrogen-bond donors (Lipinski definition) is 1. The molecule has 1 heterocycles. The third kappa shape index (κ3) is 2.62. The molecule has 0 fully saturated rings. The minimum Gasteiger partial charge on any atom is -0.489 e. The van der Waals surface area contributed by atoms with E-state index < -0.39 is 10.0 Å². The van der Waals surface area contributed by atoms with Gasteiger partial charge in [0.25, 0.3) is 10.0 Å². The Morgan fingerprint density at radius 2 is 2.00 bits per heavy atom. The van der Waals surface area contributed by atoms with Crippen LogP contribution in [0.25, 0.3) is 0 Å². The number of fused-ring (bicyclic) bond motifs is 4. The molecule has 21 heavy (non-hydrogen) atoms. The molecule has 1 aliphatic rings. The third-order valence-corrected chi connectivity index (χ3v) is 4.59. The lowest BCUT2D eigenvalue weighted by Crippen LogP contribution is -2.16. The second kappa shape index (κ2) is 4.89. The van der Waals surface area contributed by atoms with Crippen LogP contribution in [-0.2, 0) is 16.6 Å². The Hall–Kier alpha value is -2.34. The summed E-state index contributed by atoms with van der Waals surface area (Å²) in [5.41, 5.74) is 1.30. The molecule has 0 spiro atoms. The quantitative estimate of drug-likeness (QED) is 0.822. The zero-order valence-corrected chi connectivity index (χ0v) is 12.1. The number of hydrogen-bond acceptors (Lipinski definition) is 4. The van der Waals surface area contributed by atoms with Gasteiger partial charge in [-0.3, -0.25) is 9.52 Å². The maximum Gasteiger partial charge on any atom is 0.261 e. The average Bonchev–Trinajstić information content (AvgIpc) is 2.44. The topological polar surface area (TPSA) is 72.5 Å². The van der Waals surface area contributed by atoms with Gasteiger partial charge in [-0.2, -0.15) is 0 Å². The van der Waals surface area contributed by atoms with Gasteiger partial charge in [0, 0.05) is 11.6 Å². The predicted molar refractivity (Wildman–Crippen MR) is 78.0 cm³/mol. The summed E-state index contributed by atoms with van der Waals surface area (Å²) in [6.45, 7) is 1.66. The van der Waals surface area contributed by atoms with Crippen molar-refractivity contribution in [3.63, 3.8) is 0 Å². The minimum atomic E-state index is -3.73. The van der Waals surface area contributed by atoms with Gasteiger partial charge in [0.2, 0.25) is 0 Å². The van der Waals surface area contributed by atoms with Crippen molar-refractivity contribution >= 4 is 21.5 Å². The fourth-order valence-electron chi connectivity index (χ4n) is 2.18. The van der Waals surface area contributed by atoms with Crippen LogP contribution < -0.4 is 9.46 Å². The summed E-state index contributed by atoms with van der Waals surface area (Å²) >= 11 is 0. The number of anilines is 1. The summed E-state index contributed by atoms with van der Waals surface area (Å²) in [6.07, 6.45) is 0. The van der Waals surface area contributed by atoms with Gasteiger partial charge < -0.3 is 4.74 Å². The van der Waals surface area contributed by atoms with Crippen LogP contribution in [0, 0.1) is 0 Å². The molecule has 1 aliphatic heterocycles. The number of carbonyl (C=O) groups is 1. The van der Waals surface area contributed by atoms with Crippen LogP contribution in [-0.4, -0.2) is 14.2 Å². The van der Waals surface area contributed by atoms with Crippen molar-refractivity contribution in [1.82, 2.24) is 0 Å². The summed E-state index contributed by atoms with van der Waals surface area (Å²) in [6, 6.07) is 11.3. The SMILES string of the molecule is CC(=O)c1ccc2cc1NS(=O)(=O)c1cccc(c1)CO2. The maximum atomic E-state index is 12.4.